The molecule has 1 fully saturated rings. The van der Waals surface area contributed by atoms with Crippen LogP contribution in [0.15, 0.2) is 0 Å². The summed E-state index contributed by atoms with van der Waals surface area (Å²) in [4.78, 5) is 2.22. The van der Waals surface area contributed by atoms with E-state index in [1.807, 2.05) is 0 Å². The molecule has 2 N–H and O–H groups in total. The van der Waals surface area contributed by atoms with Gasteiger partial charge in [0.05, 0.1) is 5.54 Å². The zero-order valence-corrected chi connectivity index (χ0v) is 11.8. The summed E-state index contributed by atoms with van der Waals surface area (Å²) in [5.74, 6) is 5.67. The number of hydrogen-bond acceptors (Lipinski definition) is 4. The van der Waals surface area contributed by atoms with Gasteiger partial charge >= 0.3 is 0 Å². The maximum absolute atomic E-state index is 10.1. The van der Waals surface area contributed by atoms with Crippen molar-refractivity contribution in [2.45, 2.75) is 38.3 Å². The zero-order valence-electron chi connectivity index (χ0n) is 11.8. The lowest BCUT2D eigenvalue weighted by Crippen LogP contribution is -2.73. The molecule has 0 aliphatic carbocycles. The van der Waals surface area contributed by atoms with Gasteiger partial charge in [-0.05, 0) is 26.8 Å². The summed E-state index contributed by atoms with van der Waals surface area (Å²) in [6.07, 6.45) is 1.48. The molecule has 1 rings (SSSR count). The Morgan fingerprint density at radius 3 is 2.67 bits per heavy atom. The first-order chi connectivity index (χ1) is 8.67. The molecule has 0 saturated carbocycles. The van der Waals surface area contributed by atoms with Gasteiger partial charge in [-0.25, -0.2) is 0 Å². The van der Waals surface area contributed by atoms with Gasteiger partial charge in [0.2, 0.25) is 0 Å². The quantitative estimate of drug-likeness (QED) is 0.488. The van der Waals surface area contributed by atoms with E-state index >= 15 is 0 Å². The van der Waals surface area contributed by atoms with E-state index in [-0.39, 0.29) is 5.54 Å². The highest BCUT2D eigenvalue weighted by molar-refractivity contribution is 5.18. The van der Waals surface area contributed by atoms with Crippen molar-refractivity contribution in [1.82, 2.24) is 10.2 Å². The predicted molar refractivity (Wildman–Crippen MR) is 73.4 cm³/mol. The van der Waals surface area contributed by atoms with Crippen LogP contribution in [0.2, 0.25) is 0 Å². The van der Waals surface area contributed by atoms with Crippen molar-refractivity contribution < 1.29 is 9.84 Å². The largest absolute Gasteiger partial charge is 0.381 e. The Hall–Kier alpha value is -0.600. The van der Waals surface area contributed by atoms with Crippen LogP contribution in [0.1, 0.15) is 26.7 Å². The minimum atomic E-state index is -0.578. The van der Waals surface area contributed by atoms with Crippen molar-refractivity contribution >= 4 is 0 Å². The van der Waals surface area contributed by atoms with Crippen LogP contribution in [0, 0.1) is 11.8 Å². The topological polar surface area (TPSA) is 44.7 Å². The summed E-state index contributed by atoms with van der Waals surface area (Å²) < 4.78 is 5.47. The highest BCUT2D eigenvalue weighted by atomic mass is 16.5. The Morgan fingerprint density at radius 2 is 2.17 bits per heavy atom. The van der Waals surface area contributed by atoms with Crippen molar-refractivity contribution in [3.8, 4) is 11.8 Å². The molecule has 0 bridgehead atoms. The molecule has 1 unspecified atom stereocenters. The fourth-order valence-corrected chi connectivity index (χ4v) is 2.20. The Labute approximate surface area is 111 Å². The van der Waals surface area contributed by atoms with Crippen molar-refractivity contribution in [1.29, 1.82) is 0 Å². The van der Waals surface area contributed by atoms with Gasteiger partial charge in [-0.2, -0.15) is 0 Å². The Bertz CT molecular complexity index is 292. The second kappa shape index (κ2) is 7.75. The fourth-order valence-electron chi connectivity index (χ4n) is 2.20. The molecule has 1 atom stereocenters. The van der Waals surface area contributed by atoms with Crippen LogP contribution in [0.25, 0.3) is 0 Å². The van der Waals surface area contributed by atoms with E-state index in [0.29, 0.717) is 0 Å². The average molecular weight is 254 g/mol. The van der Waals surface area contributed by atoms with Crippen LogP contribution >= 0.6 is 0 Å². The maximum atomic E-state index is 10.1. The fraction of sp³-hybridized carbons (Fsp3) is 0.857. The Balaban J connectivity index is 2.37. The van der Waals surface area contributed by atoms with Crippen molar-refractivity contribution in [2.24, 2.45) is 0 Å². The molecule has 1 aliphatic heterocycles. The van der Waals surface area contributed by atoms with E-state index < -0.39 is 6.10 Å². The first kappa shape index (κ1) is 15.5. The van der Waals surface area contributed by atoms with Gasteiger partial charge in [0, 0.05) is 32.8 Å². The number of likely N-dealkylation sites (N-methyl/N-ethyl adjacent to an activating group) is 1. The van der Waals surface area contributed by atoms with Gasteiger partial charge in [0.15, 0.2) is 0 Å². The smallest absolute Gasteiger partial charge is 0.135 e. The van der Waals surface area contributed by atoms with Crippen LogP contribution in [0.4, 0.5) is 0 Å². The number of hydrogen-bond donors (Lipinski definition) is 2. The van der Waals surface area contributed by atoms with E-state index in [4.69, 9.17) is 4.74 Å². The third-order valence-corrected chi connectivity index (χ3v) is 3.54. The van der Waals surface area contributed by atoms with Crippen LogP contribution in [0.3, 0.4) is 0 Å². The number of nitrogens with zero attached hydrogens (tertiary/aromatic N) is 1. The Morgan fingerprint density at radius 1 is 1.44 bits per heavy atom. The lowest BCUT2D eigenvalue weighted by Gasteiger charge is -2.50. The molecule has 4 nitrogen and oxygen atoms in total. The lowest BCUT2D eigenvalue weighted by molar-refractivity contribution is -0.0293. The van der Waals surface area contributed by atoms with E-state index in [2.05, 4.69) is 36.0 Å². The number of aliphatic hydroxyl groups excluding tert-OH is 1. The molecule has 0 radical (unpaired) electrons. The van der Waals surface area contributed by atoms with E-state index in [0.717, 1.165) is 45.7 Å². The van der Waals surface area contributed by atoms with Gasteiger partial charge in [-0.1, -0.05) is 12.8 Å². The summed E-state index contributed by atoms with van der Waals surface area (Å²) in [6.45, 7) is 8.03. The van der Waals surface area contributed by atoms with E-state index in [9.17, 15) is 5.11 Å². The summed E-state index contributed by atoms with van der Waals surface area (Å²) in [5.41, 5.74) is -0.215. The number of ether oxygens (including phenoxy) is 1. The molecule has 0 aromatic carbocycles. The minimum Gasteiger partial charge on any atom is -0.381 e. The number of nitrogens with one attached hydrogen (secondary N) is 1. The molecular formula is C14H26N2O2. The van der Waals surface area contributed by atoms with Gasteiger partial charge in [0.1, 0.15) is 6.10 Å². The molecule has 0 aromatic rings. The zero-order chi connectivity index (χ0) is 13.4. The van der Waals surface area contributed by atoms with Gasteiger partial charge < -0.3 is 15.2 Å². The molecule has 1 saturated heterocycles. The lowest BCUT2D eigenvalue weighted by atomic mass is 9.84. The standard InChI is InChI=1S/C14H26N2O2/c1-4-7-13(17)14(11-15-12-14)16(3)8-6-10-18-9-5-2/h13,15,17H,5-6,8-12H2,1-3H3. The van der Waals surface area contributed by atoms with Crippen LogP contribution in [-0.4, -0.2) is 61.5 Å². The third-order valence-electron chi connectivity index (χ3n) is 3.54. The van der Waals surface area contributed by atoms with Crippen LogP contribution in [-0.2, 0) is 4.74 Å². The van der Waals surface area contributed by atoms with Gasteiger partial charge in [0.25, 0.3) is 0 Å². The number of rotatable bonds is 8. The SMILES string of the molecule is CC#CC(O)C1(N(C)CCCOCCC)CNC1. The van der Waals surface area contributed by atoms with Crippen LogP contribution in [0.5, 0.6) is 0 Å². The first-order valence-corrected chi connectivity index (χ1v) is 6.77. The number of aliphatic hydroxyl groups is 1. The Kier molecular flexibility index (Phi) is 6.66. The monoisotopic (exact) mass is 254 g/mol. The van der Waals surface area contributed by atoms with E-state index in [1.165, 1.54) is 0 Å². The van der Waals surface area contributed by atoms with Gasteiger partial charge in [-0.15, -0.1) is 5.92 Å². The van der Waals surface area contributed by atoms with Crippen molar-refractivity contribution in [3.63, 3.8) is 0 Å². The average Bonchev–Trinajstić information content (AvgIpc) is 2.27. The van der Waals surface area contributed by atoms with Gasteiger partial charge in [-0.3, -0.25) is 4.90 Å². The molecule has 0 aromatic heterocycles. The first-order valence-electron chi connectivity index (χ1n) is 6.77. The molecule has 0 amide bonds. The van der Waals surface area contributed by atoms with E-state index in [1.54, 1.807) is 6.92 Å². The summed E-state index contributed by atoms with van der Waals surface area (Å²) in [7, 11) is 2.06. The second-order valence-electron chi connectivity index (χ2n) is 4.89. The maximum Gasteiger partial charge on any atom is 0.135 e. The summed E-state index contributed by atoms with van der Waals surface area (Å²) in [6, 6.07) is 0. The summed E-state index contributed by atoms with van der Waals surface area (Å²) in [5, 5.41) is 13.4. The summed E-state index contributed by atoms with van der Waals surface area (Å²) >= 11 is 0. The molecular weight excluding hydrogens is 228 g/mol. The second-order valence-corrected chi connectivity index (χ2v) is 4.89. The molecule has 1 heterocycles. The highest BCUT2D eigenvalue weighted by Crippen LogP contribution is 2.23. The van der Waals surface area contributed by atoms with Crippen LogP contribution < -0.4 is 5.32 Å². The molecule has 4 heteroatoms. The third kappa shape index (κ3) is 3.69. The van der Waals surface area contributed by atoms with Crippen molar-refractivity contribution in [2.75, 3.05) is 39.9 Å². The van der Waals surface area contributed by atoms with Crippen molar-refractivity contribution in [3.05, 3.63) is 0 Å². The molecule has 18 heavy (non-hydrogen) atoms. The minimum absolute atomic E-state index is 0.215. The molecule has 1 aliphatic rings. The molecule has 0 spiro atoms. The normalized spacial score (nSPS) is 18.9. The predicted octanol–water partition coefficient (Wildman–Crippen LogP) is 0.461. The molecule has 104 valence electrons. The highest BCUT2D eigenvalue weighted by Gasteiger charge is 2.46.